The fraction of sp³-hybridized carbons (Fsp3) is 0.471. The van der Waals surface area contributed by atoms with Gasteiger partial charge in [0.25, 0.3) is 0 Å². The Balaban J connectivity index is 1.93. The number of carbonyl (C=O) groups is 1. The van der Waals surface area contributed by atoms with Crippen molar-refractivity contribution in [3.8, 4) is 0 Å². The smallest absolute Gasteiger partial charge is 0.323 e. The summed E-state index contributed by atoms with van der Waals surface area (Å²) in [7, 11) is -3.45. The van der Waals surface area contributed by atoms with Crippen LogP contribution in [0.2, 0.25) is 0 Å². The van der Waals surface area contributed by atoms with E-state index in [-0.39, 0.29) is 12.0 Å². The highest BCUT2D eigenvalue weighted by atomic mass is 32.2. The molecule has 0 N–H and O–H groups in total. The molecule has 1 aliphatic heterocycles. The number of sulfonamides is 1. The van der Waals surface area contributed by atoms with Crippen LogP contribution >= 0.6 is 0 Å². The lowest BCUT2D eigenvalue weighted by Crippen LogP contribution is -2.53. The first-order chi connectivity index (χ1) is 11.4. The minimum atomic E-state index is -3.45. The van der Waals surface area contributed by atoms with E-state index in [0.29, 0.717) is 32.8 Å². The van der Waals surface area contributed by atoms with Gasteiger partial charge in [0.05, 0.1) is 6.61 Å². The zero-order valence-corrected chi connectivity index (χ0v) is 14.9. The van der Waals surface area contributed by atoms with Crippen LogP contribution in [0.5, 0.6) is 0 Å². The fourth-order valence-corrected chi connectivity index (χ4v) is 3.75. The van der Waals surface area contributed by atoms with Crippen LogP contribution < -0.4 is 0 Å². The number of hydrogen-bond donors (Lipinski definition) is 0. The molecule has 0 spiro atoms. The Morgan fingerprint density at radius 2 is 1.83 bits per heavy atom. The van der Waals surface area contributed by atoms with Crippen LogP contribution in [-0.4, -0.2) is 62.4 Å². The second-order valence-electron chi connectivity index (χ2n) is 5.62. The highest BCUT2D eigenvalue weighted by Gasteiger charge is 2.30. The van der Waals surface area contributed by atoms with E-state index in [2.05, 4.69) is 0 Å². The molecule has 1 heterocycles. The van der Waals surface area contributed by atoms with Crippen LogP contribution in [0.3, 0.4) is 0 Å². The van der Waals surface area contributed by atoms with Crippen molar-refractivity contribution >= 4 is 22.1 Å². The average Bonchev–Trinajstić information content (AvgIpc) is 2.60. The number of esters is 1. The number of nitrogens with zero attached hydrogens (tertiary/aromatic N) is 2. The third kappa shape index (κ3) is 4.90. The van der Waals surface area contributed by atoms with Gasteiger partial charge in [0, 0.05) is 31.6 Å². The van der Waals surface area contributed by atoms with E-state index in [1.807, 2.05) is 35.2 Å². The molecule has 1 aromatic rings. The third-order valence-electron chi connectivity index (χ3n) is 4.04. The van der Waals surface area contributed by atoms with E-state index >= 15 is 0 Å². The van der Waals surface area contributed by atoms with Crippen LogP contribution in [-0.2, 0) is 19.6 Å². The van der Waals surface area contributed by atoms with Crippen molar-refractivity contribution in [3.05, 3.63) is 41.3 Å². The minimum Gasteiger partial charge on any atom is -0.465 e. The molecule has 7 heteroatoms. The lowest BCUT2D eigenvalue weighted by molar-refractivity contribution is -0.149. The van der Waals surface area contributed by atoms with Crippen molar-refractivity contribution in [2.24, 2.45) is 0 Å². The Morgan fingerprint density at radius 1 is 1.21 bits per heavy atom. The number of hydrogen-bond acceptors (Lipinski definition) is 5. The zero-order valence-electron chi connectivity index (χ0n) is 14.1. The summed E-state index contributed by atoms with van der Waals surface area (Å²) in [5.41, 5.74) is 0.843. The highest BCUT2D eigenvalue weighted by molar-refractivity contribution is 7.92. The van der Waals surface area contributed by atoms with E-state index < -0.39 is 10.0 Å². The lowest BCUT2D eigenvalue weighted by atomic mass is 10.2. The zero-order chi connectivity index (χ0) is 17.6. The monoisotopic (exact) mass is 352 g/mol. The van der Waals surface area contributed by atoms with Gasteiger partial charge in [0.1, 0.15) is 6.04 Å². The largest absolute Gasteiger partial charge is 0.465 e. The predicted octanol–water partition coefficient (Wildman–Crippen LogP) is 1.56. The standard InChI is InChI=1S/C17H24N2O4S/c1-3-23-17(20)15(2)18-10-12-19(13-11-18)24(21,22)14-9-16-7-5-4-6-8-16/h4-9,14-15H,3,10-13H2,1-2H3/b14-9+. The molecule has 0 amide bonds. The summed E-state index contributed by atoms with van der Waals surface area (Å²) < 4.78 is 31.3. The number of ether oxygens (including phenoxy) is 1. The van der Waals surface area contributed by atoms with Gasteiger partial charge in [-0.25, -0.2) is 8.42 Å². The van der Waals surface area contributed by atoms with Gasteiger partial charge >= 0.3 is 5.97 Å². The van der Waals surface area contributed by atoms with E-state index in [1.165, 1.54) is 9.71 Å². The number of carbonyl (C=O) groups excluding carboxylic acids is 1. The molecule has 1 saturated heterocycles. The number of piperazine rings is 1. The van der Waals surface area contributed by atoms with Crippen molar-refractivity contribution in [1.29, 1.82) is 0 Å². The molecule has 1 unspecified atom stereocenters. The molecule has 0 bridgehead atoms. The van der Waals surface area contributed by atoms with Gasteiger partial charge in [-0.2, -0.15) is 4.31 Å². The Labute approximate surface area is 143 Å². The Morgan fingerprint density at radius 3 is 2.42 bits per heavy atom. The van der Waals surface area contributed by atoms with Gasteiger partial charge < -0.3 is 4.74 Å². The molecular formula is C17H24N2O4S. The molecule has 0 aromatic heterocycles. The predicted molar refractivity (Wildman–Crippen MR) is 93.6 cm³/mol. The quantitative estimate of drug-likeness (QED) is 0.727. The SMILES string of the molecule is CCOC(=O)C(C)N1CCN(S(=O)(=O)/C=C/c2ccccc2)CC1. The van der Waals surface area contributed by atoms with Crippen LogP contribution in [0.25, 0.3) is 6.08 Å². The molecule has 2 rings (SSSR count). The van der Waals surface area contributed by atoms with Gasteiger partial charge in [-0.1, -0.05) is 30.3 Å². The summed E-state index contributed by atoms with van der Waals surface area (Å²) in [4.78, 5) is 13.7. The fourth-order valence-electron chi connectivity index (χ4n) is 2.57. The maximum absolute atomic E-state index is 12.4. The van der Waals surface area contributed by atoms with E-state index in [4.69, 9.17) is 4.74 Å². The van der Waals surface area contributed by atoms with Crippen molar-refractivity contribution in [2.75, 3.05) is 32.8 Å². The lowest BCUT2D eigenvalue weighted by Gasteiger charge is -2.35. The Kier molecular flexibility index (Phi) is 6.53. The molecule has 1 fully saturated rings. The van der Waals surface area contributed by atoms with Crippen LogP contribution in [0.1, 0.15) is 19.4 Å². The maximum atomic E-state index is 12.4. The number of benzene rings is 1. The maximum Gasteiger partial charge on any atom is 0.323 e. The average molecular weight is 352 g/mol. The van der Waals surface area contributed by atoms with Crippen molar-refractivity contribution in [2.45, 2.75) is 19.9 Å². The van der Waals surface area contributed by atoms with Crippen molar-refractivity contribution in [1.82, 2.24) is 9.21 Å². The van der Waals surface area contributed by atoms with Gasteiger partial charge in [0.2, 0.25) is 10.0 Å². The molecular weight excluding hydrogens is 328 g/mol. The molecule has 132 valence electrons. The molecule has 1 aromatic carbocycles. The van der Waals surface area contributed by atoms with Gasteiger partial charge in [-0.3, -0.25) is 9.69 Å². The summed E-state index contributed by atoms with van der Waals surface area (Å²) in [5.74, 6) is -0.266. The first kappa shape index (κ1) is 18.6. The van der Waals surface area contributed by atoms with E-state index in [9.17, 15) is 13.2 Å². The summed E-state index contributed by atoms with van der Waals surface area (Å²) in [5, 5.41) is 1.24. The van der Waals surface area contributed by atoms with E-state index in [0.717, 1.165) is 5.56 Å². The van der Waals surface area contributed by atoms with Gasteiger partial charge in [0.15, 0.2) is 0 Å². The first-order valence-corrected chi connectivity index (χ1v) is 9.58. The van der Waals surface area contributed by atoms with Crippen LogP contribution in [0, 0.1) is 0 Å². The number of rotatable bonds is 6. The molecule has 1 atom stereocenters. The third-order valence-corrected chi connectivity index (χ3v) is 5.61. The summed E-state index contributed by atoms with van der Waals surface area (Å²) in [6.45, 7) is 5.67. The van der Waals surface area contributed by atoms with Crippen LogP contribution in [0.15, 0.2) is 35.7 Å². The summed E-state index contributed by atoms with van der Waals surface area (Å²) in [6, 6.07) is 8.96. The van der Waals surface area contributed by atoms with Gasteiger partial charge in [-0.15, -0.1) is 0 Å². The topological polar surface area (TPSA) is 66.9 Å². The molecule has 1 aliphatic rings. The van der Waals surface area contributed by atoms with Crippen molar-refractivity contribution in [3.63, 3.8) is 0 Å². The Hall–Kier alpha value is -1.70. The molecule has 24 heavy (non-hydrogen) atoms. The molecule has 0 radical (unpaired) electrons. The van der Waals surface area contributed by atoms with E-state index in [1.54, 1.807) is 19.9 Å². The van der Waals surface area contributed by atoms with Gasteiger partial charge in [-0.05, 0) is 25.5 Å². The molecule has 0 aliphatic carbocycles. The Bertz CT molecular complexity index is 665. The molecule has 6 nitrogen and oxygen atoms in total. The summed E-state index contributed by atoms with van der Waals surface area (Å²) >= 11 is 0. The normalized spacial score (nSPS) is 18.6. The minimum absolute atomic E-state index is 0.266. The first-order valence-electron chi connectivity index (χ1n) is 8.08. The van der Waals surface area contributed by atoms with Crippen LogP contribution in [0.4, 0.5) is 0 Å². The second kappa shape index (κ2) is 8.41. The van der Waals surface area contributed by atoms with Crippen molar-refractivity contribution < 1.29 is 17.9 Å². The summed E-state index contributed by atoms with van der Waals surface area (Å²) in [6.07, 6.45) is 1.60. The second-order valence-corrected chi connectivity index (χ2v) is 7.44. The molecule has 0 saturated carbocycles. The highest BCUT2D eigenvalue weighted by Crippen LogP contribution is 2.13.